The molecule has 2 aromatic carbocycles. The number of aromatic nitrogens is 3. The van der Waals surface area contributed by atoms with Gasteiger partial charge in [0.05, 0.1) is 7.11 Å². The Morgan fingerprint density at radius 1 is 1.18 bits per heavy atom. The van der Waals surface area contributed by atoms with Gasteiger partial charge in [-0.3, -0.25) is 19.7 Å². The third kappa shape index (κ3) is 4.17. The normalized spacial score (nSPS) is 16.3. The summed E-state index contributed by atoms with van der Waals surface area (Å²) in [7, 11) is 1.66. The highest BCUT2D eigenvalue weighted by Crippen LogP contribution is 2.25. The Bertz CT molecular complexity index is 1410. The number of rotatable bonds is 5. The van der Waals surface area contributed by atoms with Crippen LogP contribution >= 0.6 is 11.6 Å². The molecule has 33 heavy (non-hydrogen) atoms. The van der Waals surface area contributed by atoms with Crippen molar-refractivity contribution >= 4 is 34.4 Å². The van der Waals surface area contributed by atoms with Crippen LogP contribution < -0.4 is 20.9 Å². The van der Waals surface area contributed by atoms with Crippen LogP contribution in [-0.2, 0) is 6.42 Å². The van der Waals surface area contributed by atoms with Gasteiger partial charge in [0.15, 0.2) is 5.96 Å². The van der Waals surface area contributed by atoms with Gasteiger partial charge in [-0.25, -0.2) is 4.98 Å². The molecule has 2 aromatic heterocycles. The zero-order valence-corrected chi connectivity index (χ0v) is 19.0. The number of guanidine groups is 1. The standard InChI is InChI=1S/C24H23ClN6O2/c1-14-11-21(32)31-22(15-3-5-17(25)6-4-15)29-23(30-24(31)28-14)26-10-9-16-13-27-20-8-7-18(33-2)12-19(16)20/h3-8,11-13,22,27H,9-10H2,1-2H3,(H2,26,28,29,30). The lowest BCUT2D eigenvalue weighted by Gasteiger charge is -2.31. The number of benzene rings is 2. The predicted octanol–water partition coefficient (Wildman–Crippen LogP) is 3.86. The van der Waals surface area contributed by atoms with Crippen LogP contribution in [0.3, 0.4) is 0 Å². The summed E-state index contributed by atoms with van der Waals surface area (Å²) in [5, 5.41) is 8.24. The smallest absolute Gasteiger partial charge is 0.257 e. The number of anilines is 1. The van der Waals surface area contributed by atoms with E-state index in [0.717, 1.165) is 34.2 Å². The fourth-order valence-corrected chi connectivity index (χ4v) is 4.15. The number of H-pyrrole nitrogens is 1. The van der Waals surface area contributed by atoms with Gasteiger partial charge in [-0.05, 0) is 54.8 Å². The van der Waals surface area contributed by atoms with Crippen LogP contribution in [0.4, 0.5) is 5.95 Å². The summed E-state index contributed by atoms with van der Waals surface area (Å²) in [5.41, 5.74) is 3.59. The van der Waals surface area contributed by atoms with Gasteiger partial charge in [0.1, 0.15) is 11.9 Å². The van der Waals surface area contributed by atoms with Crippen LogP contribution in [0.25, 0.3) is 10.9 Å². The summed E-state index contributed by atoms with van der Waals surface area (Å²) >= 11 is 6.06. The van der Waals surface area contributed by atoms with E-state index in [0.29, 0.717) is 29.2 Å². The van der Waals surface area contributed by atoms with E-state index in [9.17, 15) is 4.79 Å². The fraction of sp³-hybridized carbons (Fsp3) is 0.208. The lowest BCUT2D eigenvalue weighted by molar-refractivity contribution is 0.415. The fourth-order valence-electron chi connectivity index (χ4n) is 4.02. The first kappa shape index (κ1) is 21.1. The number of nitrogens with zero attached hydrogens (tertiary/aromatic N) is 3. The minimum absolute atomic E-state index is 0.149. The third-order valence-electron chi connectivity index (χ3n) is 5.65. The molecular formula is C24H23ClN6O2. The van der Waals surface area contributed by atoms with E-state index in [-0.39, 0.29) is 5.56 Å². The van der Waals surface area contributed by atoms with Crippen molar-refractivity contribution in [2.24, 2.45) is 4.99 Å². The van der Waals surface area contributed by atoms with Crippen LogP contribution in [0.5, 0.6) is 5.75 Å². The van der Waals surface area contributed by atoms with E-state index in [1.54, 1.807) is 30.7 Å². The molecule has 1 aliphatic rings. The Labute approximate surface area is 195 Å². The van der Waals surface area contributed by atoms with Gasteiger partial charge in [-0.15, -0.1) is 0 Å². The van der Waals surface area contributed by atoms with Gasteiger partial charge in [-0.2, -0.15) is 0 Å². The quantitative estimate of drug-likeness (QED) is 0.418. The van der Waals surface area contributed by atoms with Crippen LogP contribution in [0.1, 0.15) is 23.0 Å². The largest absolute Gasteiger partial charge is 0.497 e. The number of fused-ring (bicyclic) bond motifs is 2. The van der Waals surface area contributed by atoms with Gasteiger partial charge in [-0.1, -0.05) is 23.7 Å². The minimum Gasteiger partial charge on any atom is -0.497 e. The molecule has 1 atom stereocenters. The van der Waals surface area contributed by atoms with Crippen LogP contribution in [0.2, 0.25) is 5.02 Å². The average Bonchev–Trinajstić information content (AvgIpc) is 3.21. The second-order valence-corrected chi connectivity index (χ2v) is 8.29. The van der Waals surface area contributed by atoms with Crippen molar-refractivity contribution in [2.75, 3.05) is 19.0 Å². The molecule has 3 N–H and O–H groups in total. The Kier molecular flexibility index (Phi) is 5.51. The summed E-state index contributed by atoms with van der Waals surface area (Å²) in [6, 6.07) is 14.9. The average molecular weight is 463 g/mol. The topological polar surface area (TPSA) is 96.3 Å². The molecule has 5 rings (SSSR count). The number of aryl methyl sites for hydroxylation is 1. The van der Waals surface area contributed by atoms with Crippen molar-refractivity contribution in [1.29, 1.82) is 0 Å². The van der Waals surface area contributed by atoms with Crippen molar-refractivity contribution < 1.29 is 4.74 Å². The first-order chi connectivity index (χ1) is 16.0. The first-order valence-electron chi connectivity index (χ1n) is 10.6. The maximum absolute atomic E-state index is 12.8. The first-order valence-corrected chi connectivity index (χ1v) is 11.0. The monoisotopic (exact) mass is 462 g/mol. The Hall–Kier alpha value is -3.78. The molecule has 1 unspecified atom stereocenters. The molecule has 0 saturated heterocycles. The van der Waals surface area contributed by atoms with Crippen molar-refractivity contribution in [2.45, 2.75) is 19.5 Å². The molecule has 0 radical (unpaired) electrons. The van der Waals surface area contributed by atoms with E-state index in [1.807, 2.05) is 36.5 Å². The Morgan fingerprint density at radius 2 is 2.00 bits per heavy atom. The highest BCUT2D eigenvalue weighted by molar-refractivity contribution is 6.30. The van der Waals surface area contributed by atoms with Crippen molar-refractivity contribution in [1.82, 2.24) is 19.9 Å². The highest BCUT2D eigenvalue weighted by Gasteiger charge is 2.26. The number of aromatic amines is 1. The number of ether oxygens (including phenoxy) is 1. The predicted molar refractivity (Wildman–Crippen MR) is 130 cm³/mol. The summed E-state index contributed by atoms with van der Waals surface area (Å²) in [6.07, 6.45) is 2.29. The minimum atomic E-state index is -0.449. The van der Waals surface area contributed by atoms with E-state index in [1.165, 1.54) is 6.07 Å². The molecular weight excluding hydrogens is 440 g/mol. The van der Waals surface area contributed by atoms with Crippen molar-refractivity contribution in [3.05, 3.63) is 86.9 Å². The van der Waals surface area contributed by atoms with Crippen molar-refractivity contribution in [3.8, 4) is 5.75 Å². The van der Waals surface area contributed by atoms with E-state index >= 15 is 0 Å². The Morgan fingerprint density at radius 3 is 2.79 bits per heavy atom. The summed E-state index contributed by atoms with van der Waals surface area (Å²) in [5.74, 6) is 1.83. The highest BCUT2D eigenvalue weighted by atomic mass is 35.5. The molecule has 0 aliphatic carbocycles. The molecule has 3 heterocycles. The van der Waals surface area contributed by atoms with E-state index in [2.05, 4.69) is 20.6 Å². The SMILES string of the molecule is COc1ccc2[nH]cc(CCN=C3Nc4nc(C)cc(=O)n4C(c4ccc(Cl)cc4)N3)c2c1. The van der Waals surface area contributed by atoms with Crippen LogP contribution in [0, 0.1) is 6.92 Å². The molecule has 0 amide bonds. The maximum atomic E-state index is 12.8. The zero-order chi connectivity index (χ0) is 22.9. The molecule has 8 nitrogen and oxygen atoms in total. The molecule has 0 saturated carbocycles. The van der Waals surface area contributed by atoms with Gasteiger partial charge in [0.2, 0.25) is 5.95 Å². The summed E-state index contributed by atoms with van der Waals surface area (Å²) in [4.78, 5) is 25.3. The molecule has 0 bridgehead atoms. The maximum Gasteiger partial charge on any atom is 0.257 e. The second kappa shape index (κ2) is 8.63. The third-order valence-corrected chi connectivity index (χ3v) is 5.91. The van der Waals surface area contributed by atoms with Gasteiger partial charge < -0.3 is 15.0 Å². The molecule has 0 fully saturated rings. The van der Waals surface area contributed by atoms with E-state index < -0.39 is 6.17 Å². The lowest BCUT2D eigenvalue weighted by atomic mass is 10.1. The van der Waals surface area contributed by atoms with Gasteiger partial charge in [0, 0.05) is 40.4 Å². The number of hydrogen-bond donors (Lipinski definition) is 3. The summed E-state index contributed by atoms with van der Waals surface area (Å²) in [6.45, 7) is 2.34. The molecule has 1 aliphatic heterocycles. The Balaban J connectivity index is 1.43. The van der Waals surface area contributed by atoms with E-state index in [4.69, 9.17) is 21.3 Å². The lowest BCUT2D eigenvalue weighted by Crippen LogP contribution is -2.48. The summed E-state index contributed by atoms with van der Waals surface area (Å²) < 4.78 is 6.94. The number of hydrogen-bond acceptors (Lipinski definition) is 4. The molecule has 4 aromatic rings. The zero-order valence-electron chi connectivity index (χ0n) is 18.2. The van der Waals surface area contributed by atoms with Gasteiger partial charge in [0.25, 0.3) is 5.56 Å². The van der Waals surface area contributed by atoms with Crippen LogP contribution in [0.15, 0.2) is 64.5 Å². The number of aliphatic imine (C=N–C) groups is 1. The second-order valence-electron chi connectivity index (χ2n) is 7.86. The van der Waals surface area contributed by atoms with Gasteiger partial charge >= 0.3 is 0 Å². The van der Waals surface area contributed by atoms with Crippen molar-refractivity contribution in [3.63, 3.8) is 0 Å². The number of nitrogens with one attached hydrogen (secondary N) is 3. The van der Waals surface area contributed by atoms with Crippen LogP contribution in [-0.4, -0.2) is 34.1 Å². The molecule has 168 valence electrons. The molecule has 0 spiro atoms. The molecule has 9 heteroatoms. The number of methoxy groups -OCH3 is 1. The number of halogens is 1.